The second-order valence-corrected chi connectivity index (χ2v) is 4.95. The summed E-state index contributed by atoms with van der Waals surface area (Å²) in [7, 11) is 3.59. The van der Waals surface area contributed by atoms with Crippen LogP contribution in [-0.2, 0) is 6.54 Å². The predicted molar refractivity (Wildman–Crippen MR) is 90.4 cm³/mol. The van der Waals surface area contributed by atoms with E-state index < -0.39 is 0 Å². The van der Waals surface area contributed by atoms with Crippen LogP contribution in [0.25, 0.3) is 0 Å². The topological polar surface area (TPSA) is 36.5 Å². The van der Waals surface area contributed by atoms with Gasteiger partial charge in [-0.3, -0.25) is 10.4 Å². The Labute approximate surface area is 130 Å². The first kappa shape index (κ1) is 15.1. The molecular weight excluding hydrogens is 282 g/mol. The van der Waals surface area contributed by atoms with Crippen LogP contribution in [0, 0.1) is 0 Å². The second kappa shape index (κ2) is 7.50. The Kier molecular flexibility index (Phi) is 5.40. The van der Waals surface area contributed by atoms with E-state index in [9.17, 15) is 0 Å². The molecule has 0 aromatic heterocycles. The summed E-state index contributed by atoms with van der Waals surface area (Å²) in [6, 6.07) is 17.9. The van der Waals surface area contributed by atoms with Gasteiger partial charge in [-0.1, -0.05) is 30.3 Å². The van der Waals surface area contributed by atoms with E-state index in [0.29, 0.717) is 11.7 Å². The van der Waals surface area contributed by atoms with Gasteiger partial charge in [0.15, 0.2) is 5.11 Å². The van der Waals surface area contributed by atoms with Gasteiger partial charge in [0.25, 0.3) is 0 Å². The fourth-order valence-electron chi connectivity index (χ4n) is 1.83. The van der Waals surface area contributed by atoms with E-state index in [1.165, 1.54) is 0 Å². The lowest BCUT2D eigenvalue weighted by atomic mass is 10.2. The number of benzene rings is 2. The van der Waals surface area contributed by atoms with Gasteiger partial charge in [-0.25, -0.2) is 0 Å². The van der Waals surface area contributed by atoms with Crippen LogP contribution >= 0.6 is 12.2 Å². The van der Waals surface area contributed by atoms with Gasteiger partial charge in [-0.15, -0.1) is 0 Å². The largest absolute Gasteiger partial charge is 0.497 e. The van der Waals surface area contributed by atoms with Crippen LogP contribution in [0.15, 0.2) is 54.6 Å². The van der Waals surface area contributed by atoms with Gasteiger partial charge in [-0.2, -0.15) is 0 Å². The minimum atomic E-state index is 0.581. The predicted octanol–water partition coefficient (Wildman–Crippen LogP) is 2.71. The fourth-order valence-corrected chi connectivity index (χ4v) is 2.04. The van der Waals surface area contributed by atoms with E-state index in [1.54, 1.807) is 7.11 Å². The molecule has 0 saturated carbocycles. The Morgan fingerprint density at radius 2 is 1.76 bits per heavy atom. The highest BCUT2D eigenvalue weighted by Gasteiger charge is 2.02. The van der Waals surface area contributed by atoms with Crippen LogP contribution in [0.4, 0.5) is 5.69 Å². The van der Waals surface area contributed by atoms with Crippen molar-refractivity contribution < 1.29 is 4.74 Å². The van der Waals surface area contributed by atoms with Crippen molar-refractivity contribution in [3.63, 3.8) is 0 Å². The van der Waals surface area contributed by atoms with E-state index in [2.05, 4.69) is 10.7 Å². The summed E-state index contributed by atoms with van der Waals surface area (Å²) in [5.74, 6) is 0.850. The van der Waals surface area contributed by atoms with Crippen LogP contribution < -0.4 is 20.5 Å². The maximum Gasteiger partial charge on any atom is 0.185 e. The molecule has 2 N–H and O–H groups in total. The summed E-state index contributed by atoms with van der Waals surface area (Å²) in [5.41, 5.74) is 5.31. The lowest BCUT2D eigenvalue weighted by Crippen LogP contribution is -2.45. The standard InChI is InChI=1S/C16H19N3OS/c1-19(14-6-4-3-5-7-14)18-16(21)17-12-13-8-10-15(20-2)11-9-13/h3-11H,12H2,1-2H3,(H2,17,18,21). The highest BCUT2D eigenvalue weighted by molar-refractivity contribution is 7.80. The summed E-state index contributed by atoms with van der Waals surface area (Å²) in [5, 5.41) is 5.63. The summed E-state index contributed by atoms with van der Waals surface area (Å²) in [6.45, 7) is 0.665. The van der Waals surface area contributed by atoms with Gasteiger partial charge >= 0.3 is 0 Å². The molecule has 21 heavy (non-hydrogen) atoms. The highest BCUT2D eigenvalue weighted by Crippen LogP contribution is 2.11. The lowest BCUT2D eigenvalue weighted by Gasteiger charge is -2.22. The van der Waals surface area contributed by atoms with Crippen LogP contribution in [-0.4, -0.2) is 19.3 Å². The molecular formula is C16H19N3OS. The van der Waals surface area contributed by atoms with Crippen molar-refractivity contribution in [2.45, 2.75) is 6.54 Å². The van der Waals surface area contributed by atoms with Crippen LogP contribution in [0.2, 0.25) is 0 Å². The highest BCUT2D eigenvalue weighted by atomic mass is 32.1. The third-order valence-corrected chi connectivity index (χ3v) is 3.26. The van der Waals surface area contributed by atoms with E-state index in [4.69, 9.17) is 17.0 Å². The number of rotatable bonds is 5. The first-order chi connectivity index (χ1) is 10.2. The third-order valence-electron chi connectivity index (χ3n) is 3.02. The number of hydrogen-bond donors (Lipinski definition) is 2. The summed E-state index contributed by atoms with van der Waals surface area (Å²) in [6.07, 6.45) is 0. The molecule has 0 spiro atoms. The zero-order valence-corrected chi connectivity index (χ0v) is 13.0. The summed E-state index contributed by atoms with van der Waals surface area (Å²) < 4.78 is 5.13. The Morgan fingerprint density at radius 3 is 2.38 bits per heavy atom. The van der Waals surface area contributed by atoms with Crippen LogP contribution in [0.1, 0.15) is 5.56 Å². The lowest BCUT2D eigenvalue weighted by molar-refractivity contribution is 0.414. The molecule has 0 fully saturated rings. The van der Waals surface area contributed by atoms with E-state index in [0.717, 1.165) is 17.0 Å². The molecule has 2 aromatic carbocycles. The molecule has 0 radical (unpaired) electrons. The molecule has 0 aliphatic carbocycles. The van der Waals surface area contributed by atoms with Gasteiger partial charge in [-0.05, 0) is 42.0 Å². The monoisotopic (exact) mass is 301 g/mol. The van der Waals surface area contributed by atoms with E-state index in [1.807, 2.05) is 66.7 Å². The molecule has 0 aliphatic heterocycles. The molecule has 0 heterocycles. The number of nitrogens with zero attached hydrogens (tertiary/aromatic N) is 1. The molecule has 0 saturated heterocycles. The third kappa shape index (κ3) is 4.65. The molecule has 0 unspecified atom stereocenters. The Morgan fingerprint density at radius 1 is 1.10 bits per heavy atom. The Bertz CT molecular complexity index is 572. The van der Waals surface area contributed by atoms with Crippen molar-refractivity contribution in [3.8, 4) is 5.75 Å². The first-order valence-electron chi connectivity index (χ1n) is 6.65. The van der Waals surface area contributed by atoms with Gasteiger partial charge in [0, 0.05) is 13.6 Å². The van der Waals surface area contributed by atoms with Crippen molar-refractivity contribution in [2.75, 3.05) is 19.2 Å². The number of anilines is 1. The SMILES string of the molecule is COc1ccc(CNC(=S)NN(C)c2ccccc2)cc1. The van der Waals surface area contributed by atoms with E-state index >= 15 is 0 Å². The van der Waals surface area contributed by atoms with Crippen molar-refractivity contribution in [2.24, 2.45) is 0 Å². The number of thiocarbonyl (C=S) groups is 1. The maximum absolute atomic E-state index is 5.29. The number of para-hydroxylation sites is 1. The minimum Gasteiger partial charge on any atom is -0.497 e. The number of methoxy groups -OCH3 is 1. The molecule has 0 atom stereocenters. The molecule has 0 bridgehead atoms. The number of hydrazine groups is 1. The molecule has 4 nitrogen and oxygen atoms in total. The summed E-state index contributed by atoms with van der Waals surface area (Å²) in [4.78, 5) is 0. The number of ether oxygens (including phenoxy) is 1. The molecule has 5 heteroatoms. The van der Waals surface area contributed by atoms with Gasteiger partial charge < -0.3 is 10.1 Å². The van der Waals surface area contributed by atoms with Gasteiger partial charge in [0.2, 0.25) is 0 Å². The average Bonchev–Trinajstić information content (AvgIpc) is 2.54. The number of hydrogen-bond acceptors (Lipinski definition) is 3. The van der Waals surface area contributed by atoms with Crippen molar-refractivity contribution in [3.05, 3.63) is 60.2 Å². The van der Waals surface area contributed by atoms with Gasteiger partial charge in [0.1, 0.15) is 5.75 Å². The van der Waals surface area contributed by atoms with Crippen molar-refractivity contribution >= 4 is 23.0 Å². The Balaban J connectivity index is 1.81. The molecule has 0 aliphatic rings. The average molecular weight is 301 g/mol. The smallest absolute Gasteiger partial charge is 0.185 e. The first-order valence-corrected chi connectivity index (χ1v) is 7.06. The molecule has 110 valence electrons. The van der Waals surface area contributed by atoms with Crippen molar-refractivity contribution in [1.82, 2.24) is 10.7 Å². The van der Waals surface area contributed by atoms with Crippen LogP contribution in [0.5, 0.6) is 5.75 Å². The Hall–Kier alpha value is -2.27. The zero-order valence-electron chi connectivity index (χ0n) is 12.2. The normalized spacial score (nSPS) is 9.81. The number of nitrogens with one attached hydrogen (secondary N) is 2. The minimum absolute atomic E-state index is 0.581. The van der Waals surface area contributed by atoms with Crippen molar-refractivity contribution in [1.29, 1.82) is 0 Å². The maximum atomic E-state index is 5.29. The molecule has 2 rings (SSSR count). The van der Waals surface area contributed by atoms with Crippen LogP contribution in [0.3, 0.4) is 0 Å². The van der Waals surface area contributed by atoms with Gasteiger partial charge in [0.05, 0.1) is 12.8 Å². The fraction of sp³-hybridized carbons (Fsp3) is 0.188. The molecule has 2 aromatic rings. The van der Waals surface area contributed by atoms with E-state index in [-0.39, 0.29) is 0 Å². The summed E-state index contributed by atoms with van der Waals surface area (Å²) >= 11 is 5.29. The second-order valence-electron chi connectivity index (χ2n) is 4.54. The molecule has 0 amide bonds. The zero-order chi connectivity index (χ0) is 15.1. The quantitative estimate of drug-likeness (QED) is 0.656.